The molecule has 5 nitrogen and oxygen atoms in total. The Hall–Kier alpha value is -1.99. The zero-order valence-electron chi connectivity index (χ0n) is 12.7. The fraction of sp³-hybridized carbons (Fsp3) is 0.235. The van der Waals surface area contributed by atoms with E-state index in [0.29, 0.717) is 10.2 Å². The van der Waals surface area contributed by atoms with E-state index < -0.39 is 0 Å². The quantitative estimate of drug-likeness (QED) is 0.439. The van der Waals surface area contributed by atoms with E-state index in [2.05, 4.69) is 26.9 Å². The summed E-state index contributed by atoms with van der Waals surface area (Å²) >= 11 is 5.00. The highest BCUT2D eigenvalue weighted by molar-refractivity contribution is 9.10. The highest BCUT2D eigenvalue weighted by Gasteiger charge is 2.32. The Morgan fingerprint density at radius 2 is 2.12 bits per heavy atom. The van der Waals surface area contributed by atoms with E-state index in [0.717, 1.165) is 34.6 Å². The van der Waals surface area contributed by atoms with Crippen molar-refractivity contribution in [3.05, 3.63) is 62.1 Å². The smallest absolute Gasteiger partial charge is 0.293 e. The lowest BCUT2D eigenvalue weighted by molar-refractivity contribution is -0.384. The molecule has 4 rings (SSSR count). The number of hydrogen-bond donors (Lipinski definition) is 0. The molecule has 0 saturated carbocycles. The Morgan fingerprint density at radius 3 is 2.92 bits per heavy atom. The van der Waals surface area contributed by atoms with Gasteiger partial charge in [0.05, 0.1) is 21.2 Å². The number of nitrogens with zero attached hydrogens (tertiary/aromatic N) is 3. The Balaban J connectivity index is 1.77. The number of para-hydroxylation sites is 1. The summed E-state index contributed by atoms with van der Waals surface area (Å²) in [6.07, 6.45) is 1.97. The predicted molar refractivity (Wildman–Crippen MR) is 99.7 cm³/mol. The lowest BCUT2D eigenvalue weighted by Crippen LogP contribution is -2.23. The summed E-state index contributed by atoms with van der Waals surface area (Å²) in [6.45, 7) is 0.809. The average Bonchev–Trinajstić information content (AvgIpc) is 3.20. The van der Waals surface area contributed by atoms with Crippen LogP contribution in [0.4, 0.5) is 11.4 Å². The van der Waals surface area contributed by atoms with Gasteiger partial charge in [-0.25, -0.2) is 4.98 Å². The summed E-state index contributed by atoms with van der Waals surface area (Å²) in [7, 11) is 0. The van der Waals surface area contributed by atoms with Gasteiger partial charge in [0.2, 0.25) is 0 Å². The van der Waals surface area contributed by atoms with E-state index in [1.54, 1.807) is 17.4 Å². The second-order valence-electron chi connectivity index (χ2n) is 5.76. The molecule has 1 aliphatic heterocycles. The monoisotopic (exact) mass is 403 g/mol. The van der Waals surface area contributed by atoms with Crippen molar-refractivity contribution in [3.63, 3.8) is 0 Å². The molecule has 24 heavy (non-hydrogen) atoms. The molecule has 1 unspecified atom stereocenters. The lowest BCUT2D eigenvalue weighted by atomic mass is 10.2. The summed E-state index contributed by atoms with van der Waals surface area (Å²) in [5.41, 5.74) is 1.80. The van der Waals surface area contributed by atoms with Gasteiger partial charge in [-0.3, -0.25) is 10.1 Å². The number of benzene rings is 2. The number of fused-ring (bicyclic) bond motifs is 1. The third-order valence-electron chi connectivity index (χ3n) is 4.29. The summed E-state index contributed by atoms with van der Waals surface area (Å²) in [6, 6.07) is 13.4. The first-order chi connectivity index (χ1) is 11.6. The maximum absolute atomic E-state index is 11.5. The molecular weight excluding hydrogens is 390 g/mol. The van der Waals surface area contributed by atoms with Crippen LogP contribution in [0.5, 0.6) is 0 Å². The van der Waals surface area contributed by atoms with Gasteiger partial charge in [0.1, 0.15) is 10.7 Å². The van der Waals surface area contributed by atoms with E-state index in [-0.39, 0.29) is 16.7 Å². The van der Waals surface area contributed by atoms with Gasteiger partial charge in [0.25, 0.3) is 5.69 Å². The van der Waals surface area contributed by atoms with E-state index in [1.165, 1.54) is 0 Å². The zero-order valence-corrected chi connectivity index (χ0v) is 15.1. The second kappa shape index (κ2) is 6.14. The van der Waals surface area contributed by atoms with Gasteiger partial charge in [0.15, 0.2) is 0 Å². The molecule has 0 spiro atoms. The highest BCUT2D eigenvalue weighted by Crippen LogP contribution is 2.43. The summed E-state index contributed by atoms with van der Waals surface area (Å²) in [5.74, 6) is 0. The summed E-state index contributed by atoms with van der Waals surface area (Å²) in [4.78, 5) is 18.0. The molecule has 1 aromatic heterocycles. The normalized spacial score (nSPS) is 17.5. The number of hydrogen-bond acceptors (Lipinski definition) is 5. The minimum absolute atomic E-state index is 0.0993. The van der Waals surface area contributed by atoms with Crippen LogP contribution in [0, 0.1) is 10.1 Å². The summed E-state index contributed by atoms with van der Waals surface area (Å²) < 4.78 is 1.87. The molecule has 0 amide bonds. The number of anilines is 1. The number of nitro groups is 1. The predicted octanol–water partition coefficient (Wildman–Crippen LogP) is 5.31. The molecule has 1 aliphatic rings. The minimum Gasteiger partial charge on any atom is -0.357 e. The Labute approximate surface area is 151 Å². The topological polar surface area (TPSA) is 59.3 Å². The Bertz CT molecular complexity index is 894. The van der Waals surface area contributed by atoms with Crippen molar-refractivity contribution in [2.75, 3.05) is 11.4 Å². The molecule has 2 aromatic carbocycles. The maximum Gasteiger partial charge on any atom is 0.293 e. The van der Waals surface area contributed by atoms with Crippen molar-refractivity contribution in [2.24, 2.45) is 0 Å². The fourth-order valence-corrected chi connectivity index (χ4v) is 4.69. The minimum atomic E-state index is -0.312. The maximum atomic E-state index is 11.5. The lowest BCUT2D eigenvalue weighted by Gasteiger charge is -2.25. The highest BCUT2D eigenvalue weighted by atomic mass is 79.9. The van der Waals surface area contributed by atoms with Crippen LogP contribution in [0.1, 0.15) is 23.9 Å². The third-order valence-corrected chi connectivity index (χ3v) is 5.92. The van der Waals surface area contributed by atoms with Crippen LogP contribution in [0.25, 0.3) is 10.2 Å². The first-order valence-electron chi connectivity index (χ1n) is 7.69. The molecule has 0 radical (unpaired) electrons. The molecule has 2 heterocycles. The van der Waals surface area contributed by atoms with Gasteiger partial charge in [-0.1, -0.05) is 28.1 Å². The van der Waals surface area contributed by atoms with Gasteiger partial charge in [-0.05, 0) is 37.1 Å². The molecule has 0 aliphatic carbocycles. The van der Waals surface area contributed by atoms with Crippen LogP contribution in [0.15, 0.2) is 46.9 Å². The van der Waals surface area contributed by atoms with Crippen LogP contribution in [-0.2, 0) is 0 Å². The van der Waals surface area contributed by atoms with Crippen molar-refractivity contribution in [2.45, 2.75) is 18.9 Å². The van der Waals surface area contributed by atoms with Crippen LogP contribution in [0.3, 0.4) is 0 Å². The van der Waals surface area contributed by atoms with Crippen LogP contribution in [0.2, 0.25) is 0 Å². The molecular formula is C17H14BrN3O2S. The van der Waals surface area contributed by atoms with E-state index >= 15 is 0 Å². The van der Waals surface area contributed by atoms with E-state index in [9.17, 15) is 10.1 Å². The van der Waals surface area contributed by atoms with Crippen molar-refractivity contribution < 1.29 is 4.92 Å². The van der Waals surface area contributed by atoms with Gasteiger partial charge in [0, 0.05) is 17.1 Å². The van der Waals surface area contributed by atoms with Gasteiger partial charge in [-0.2, -0.15) is 0 Å². The average molecular weight is 404 g/mol. The zero-order chi connectivity index (χ0) is 16.7. The van der Waals surface area contributed by atoms with Gasteiger partial charge >= 0.3 is 0 Å². The third kappa shape index (κ3) is 2.67. The van der Waals surface area contributed by atoms with Crippen molar-refractivity contribution >= 4 is 48.9 Å². The number of thiazole rings is 1. The van der Waals surface area contributed by atoms with Gasteiger partial charge < -0.3 is 4.90 Å². The molecule has 0 N–H and O–H groups in total. The van der Waals surface area contributed by atoms with E-state index in [4.69, 9.17) is 4.98 Å². The molecule has 1 fully saturated rings. The van der Waals surface area contributed by atoms with Crippen molar-refractivity contribution in [3.8, 4) is 0 Å². The van der Waals surface area contributed by atoms with Gasteiger partial charge in [-0.15, -0.1) is 11.3 Å². The van der Waals surface area contributed by atoms with Crippen molar-refractivity contribution in [1.29, 1.82) is 0 Å². The number of halogens is 1. The Kier molecular flexibility index (Phi) is 3.97. The number of rotatable bonds is 3. The summed E-state index contributed by atoms with van der Waals surface area (Å²) in [5, 5.41) is 12.5. The Morgan fingerprint density at radius 1 is 1.29 bits per heavy atom. The number of nitro benzene ring substituents is 1. The molecule has 122 valence electrons. The first kappa shape index (κ1) is 15.5. The molecule has 7 heteroatoms. The first-order valence-corrected chi connectivity index (χ1v) is 9.30. The largest absolute Gasteiger partial charge is 0.357 e. The standard InChI is InChI=1S/C17H14BrN3O2S/c18-11-7-8-13(15(10-11)21(22)23)20-9-3-5-14(20)17-19-12-4-1-2-6-16(12)24-17/h1-2,4,6-8,10,14H,3,5,9H2. The fourth-order valence-electron chi connectivity index (χ4n) is 3.23. The van der Waals surface area contributed by atoms with Crippen LogP contribution >= 0.6 is 27.3 Å². The van der Waals surface area contributed by atoms with Crippen molar-refractivity contribution in [1.82, 2.24) is 4.98 Å². The number of aromatic nitrogens is 1. The van der Waals surface area contributed by atoms with Crippen LogP contribution < -0.4 is 4.90 Å². The molecule has 1 saturated heterocycles. The molecule has 0 bridgehead atoms. The molecule has 1 atom stereocenters. The molecule has 3 aromatic rings. The SMILES string of the molecule is O=[N+]([O-])c1cc(Br)ccc1N1CCCC1c1nc2ccccc2s1. The van der Waals surface area contributed by atoms with Crippen LogP contribution in [-0.4, -0.2) is 16.5 Å². The second-order valence-corrected chi connectivity index (χ2v) is 7.74. The van der Waals surface area contributed by atoms with E-state index in [1.807, 2.05) is 30.3 Å².